The average molecular weight is 436 g/mol. The maximum atomic E-state index is 12.2. The number of rotatable bonds is 6. The topological polar surface area (TPSA) is 65.5 Å². The van der Waals surface area contributed by atoms with Crippen LogP contribution in [0.4, 0.5) is 0 Å². The number of halogens is 1. The second-order valence-electron chi connectivity index (χ2n) is 6.22. The van der Waals surface area contributed by atoms with Crippen LogP contribution in [0.15, 0.2) is 17.1 Å². The van der Waals surface area contributed by atoms with E-state index in [0.717, 1.165) is 44.6 Å². The molecule has 0 aromatic carbocycles. The van der Waals surface area contributed by atoms with Crippen LogP contribution in [0, 0.1) is 5.92 Å². The molecule has 0 aromatic heterocycles. The van der Waals surface area contributed by atoms with Gasteiger partial charge in [-0.05, 0) is 46.5 Å². The number of nitrogens with one attached hydrogen (secondary N) is 3. The molecular formula is C17H33IN4O. The van der Waals surface area contributed by atoms with Crippen LogP contribution in [-0.2, 0) is 4.79 Å². The molecule has 134 valence electrons. The van der Waals surface area contributed by atoms with Crippen LogP contribution in [0.5, 0.6) is 0 Å². The third-order valence-corrected chi connectivity index (χ3v) is 3.88. The monoisotopic (exact) mass is 436 g/mol. The summed E-state index contributed by atoms with van der Waals surface area (Å²) >= 11 is 0. The van der Waals surface area contributed by atoms with Crippen molar-refractivity contribution in [2.75, 3.05) is 13.6 Å². The predicted molar refractivity (Wildman–Crippen MR) is 108 cm³/mol. The molecule has 1 amide bonds. The number of aliphatic imine (C=N–C) groups is 1. The van der Waals surface area contributed by atoms with Crippen molar-refractivity contribution in [3.8, 4) is 0 Å². The molecule has 1 rings (SSSR count). The lowest BCUT2D eigenvalue weighted by Gasteiger charge is -2.30. The van der Waals surface area contributed by atoms with Crippen LogP contribution in [0.25, 0.3) is 0 Å². The van der Waals surface area contributed by atoms with E-state index in [2.05, 4.69) is 33.1 Å². The number of carbonyl (C=O) groups excluding carboxylic acids is 1. The predicted octanol–water partition coefficient (Wildman–Crippen LogP) is 2.82. The lowest BCUT2D eigenvalue weighted by Crippen LogP contribution is -2.47. The van der Waals surface area contributed by atoms with Gasteiger partial charge in [0.25, 0.3) is 0 Å². The quantitative estimate of drug-likeness (QED) is 0.197. The molecule has 23 heavy (non-hydrogen) atoms. The Bertz CT molecular complexity index is 396. The largest absolute Gasteiger partial charge is 0.356 e. The molecule has 1 fully saturated rings. The van der Waals surface area contributed by atoms with Gasteiger partial charge < -0.3 is 16.0 Å². The van der Waals surface area contributed by atoms with Crippen LogP contribution < -0.4 is 16.0 Å². The minimum atomic E-state index is 0. The van der Waals surface area contributed by atoms with Gasteiger partial charge in [0.15, 0.2) is 5.96 Å². The molecule has 2 unspecified atom stereocenters. The lowest BCUT2D eigenvalue weighted by atomic mass is 9.85. The van der Waals surface area contributed by atoms with Crippen molar-refractivity contribution in [2.24, 2.45) is 10.9 Å². The Hall–Kier alpha value is -0.790. The van der Waals surface area contributed by atoms with E-state index in [4.69, 9.17) is 0 Å². The molecule has 1 saturated carbocycles. The lowest BCUT2D eigenvalue weighted by molar-refractivity contribution is -0.126. The van der Waals surface area contributed by atoms with Crippen molar-refractivity contribution in [1.82, 2.24) is 16.0 Å². The standard InChI is InChI=1S/C17H32N4O.HI/c1-5-6-7-11-19-17(18-4)21-15-10-8-9-14(12-15)16(22)20-13(2)3;/h5-6,13-15H,7-12H2,1-4H3,(H,20,22)(H2,18,19,21);1H/b6-5+;. The van der Waals surface area contributed by atoms with E-state index < -0.39 is 0 Å². The highest BCUT2D eigenvalue weighted by atomic mass is 127. The number of allylic oxidation sites excluding steroid dienone is 1. The first-order valence-corrected chi connectivity index (χ1v) is 8.45. The van der Waals surface area contributed by atoms with Crippen LogP contribution in [0.2, 0.25) is 0 Å². The third-order valence-electron chi connectivity index (χ3n) is 3.88. The van der Waals surface area contributed by atoms with Crippen LogP contribution >= 0.6 is 24.0 Å². The molecule has 5 nitrogen and oxygen atoms in total. The summed E-state index contributed by atoms with van der Waals surface area (Å²) in [4.78, 5) is 16.4. The highest BCUT2D eigenvalue weighted by molar-refractivity contribution is 14.0. The Balaban J connectivity index is 0.00000484. The molecule has 0 saturated heterocycles. The minimum Gasteiger partial charge on any atom is -0.356 e. The van der Waals surface area contributed by atoms with Gasteiger partial charge in [-0.15, -0.1) is 24.0 Å². The maximum absolute atomic E-state index is 12.2. The van der Waals surface area contributed by atoms with Crippen molar-refractivity contribution < 1.29 is 4.79 Å². The summed E-state index contributed by atoms with van der Waals surface area (Å²) in [6, 6.07) is 0.534. The second-order valence-corrected chi connectivity index (χ2v) is 6.22. The van der Waals surface area contributed by atoms with Gasteiger partial charge in [-0.25, -0.2) is 0 Å². The zero-order chi connectivity index (χ0) is 16.4. The van der Waals surface area contributed by atoms with Crippen molar-refractivity contribution in [3.05, 3.63) is 12.2 Å². The van der Waals surface area contributed by atoms with Gasteiger partial charge >= 0.3 is 0 Å². The molecule has 1 aliphatic rings. The fourth-order valence-corrected chi connectivity index (χ4v) is 2.79. The van der Waals surface area contributed by atoms with E-state index in [1.54, 1.807) is 7.05 Å². The normalized spacial score (nSPS) is 21.9. The minimum absolute atomic E-state index is 0. The number of amides is 1. The molecule has 0 aromatic rings. The molecule has 0 aliphatic heterocycles. The Morgan fingerprint density at radius 2 is 2.09 bits per heavy atom. The summed E-state index contributed by atoms with van der Waals surface area (Å²) in [6.07, 6.45) is 9.23. The Morgan fingerprint density at radius 1 is 1.35 bits per heavy atom. The summed E-state index contributed by atoms with van der Waals surface area (Å²) in [5.74, 6) is 1.15. The van der Waals surface area contributed by atoms with Gasteiger partial charge in [-0.3, -0.25) is 9.79 Å². The van der Waals surface area contributed by atoms with Crippen molar-refractivity contribution >= 4 is 35.8 Å². The maximum Gasteiger partial charge on any atom is 0.223 e. The Morgan fingerprint density at radius 3 is 2.70 bits per heavy atom. The van der Waals surface area contributed by atoms with Crippen molar-refractivity contribution in [3.63, 3.8) is 0 Å². The summed E-state index contributed by atoms with van der Waals surface area (Å²) in [5, 5.41) is 9.80. The zero-order valence-electron chi connectivity index (χ0n) is 14.9. The number of nitrogens with zero attached hydrogens (tertiary/aromatic N) is 1. The highest BCUT2D eigenvalue weighted by Gasteiger charge is 2.27. The molecule has 0 bridgehead atoms. The van der Waals surface area contributed by atoms with Crippen molar-refractivity contribution in [1.29, 1.82) is 0 Å². The molecule has 2 atom stereocenters. The summed E-state index contributed by atoms with van der Waals surface area (Å²) in [7, 11) is 1.79. The molecule has 6 heteroatoms. The van der Waals surface area contributed by atoms with Crippen molar-refractivity contribution in [2.45, 2.75) is 65.0 Å². The summed E-state index contributed by atoms with van der Waals surface area (Å²) in [6.45, 7) is 6.91. The molecule has 1 aliphatic carbocycles. The zero-order valence-corrected chi connectivity index (χ0v) is 17.2. The number of hydrogen-bond donors (Lipinski definition) is 3. The molecular weight excluding hydrogens is 403 g/mol. The van der Waals surface area contributed by atoms with E-state index >= 15 is 0 Å². The SMILES string of the molecule is C/C=C/CCNC(=NC)NC1CCCC(C(=O)NC(C)C)C1.I. The van der Waals surface area contributed by atoms with Crippen LogP contribution in [0.1, 0.15) is 52.9 Å². The molecule has 3 N–H and O–H groups in total. The Labute approximate surface area is 158 Å². The van der Waals surface area contributed by atoms with Gasteiger partial charge in [-0.1, -0.05) is 18.6 Å². The first kappa shape index (κ1) is 22.2. The fourth-order valence-electron chi connectivity index (χ4n) is 2.79. The Kier molecular flexibility index (Phi) is 12.2. The molecule has 0 radical (unpaired) electrons. The highest BCUT2D eigenvalue weighted by Crippen LogP contribution is 2.24. The van der Waals surface area contributed by atoms with Gasteiger partial charge in [0, 0.05) is 31.6 Å². The number of hydrogen-bond acceptors (Lipinski definition) is 2. The molecule has 0 heterocycles. The van der Waals surface area contributed by atoms with E-state index in [0.29, 0.717) is 6.04 Å². The van der Waals surface area contributed by atoms with Crippen LogP contribution in [0.3, 0.4) is 0 Å². The number of carbonyl (C=O) groups is 1. The average Bonchev–Trinajstić information content (AvgIpc) is 2.50. The van der Waals surface area contributed by atoms with Gasteiger partial charge in [0.2, 0.25) is 5.91 Å². The summed E-state index contributed by atoms with van der Waals surface area (Å²) in [5.41, 5.74) is 0. The van der Waals surface area contributed by atoms with Gasteiger partial charge in [0.05, 0.1) is 0 Å². The van der Waals surface area contributed by atoms with Gasteiger partial charge in [0.1, 0.15) is 0 Å². The smallest absolute Gasteiger partial charge is 0.223 e. The third kappa shape index (κ3) is 9.17. The van der Waals surface area contributed by atoms with E-state index in [9.17, 15) is 4.79 Å². The number of guanidine groups is 1. The summed E-state index contributed by atoms with van der Waals surface area (Å²) < 4.78 is 0. The van der Waals surface area contributed by atoms with Crippen LogP contribution in [-0.4, -0.2) is 37.5 Å². The van der Waals surface area contributed by atoms with E-state index in [-0.39, 0.29) is 41.8 Å². The van der Waals surface area contributed by atoms with E-state index in [1.165, 1.54) is 0 Å². The first-order chi connectivity index (χ1) is 10.6. The van der Waals surface area contributed by atoms with Gasteiger partial charge in [-0.2, -0.15) is 0 Å². The second kappa shape index (κ2) is 12.6. The molecule has 0 spiro atoms. The first-order valence-electron chi connectivity index (χ1n) is 8.45. The van der Waals surface area contributed by atoms with E-state index in [1.807, 2.05) is 20.8 Å². The fraction of sp³-hybridized carbons (Fsp3) is 0.765.